The van der Waals surface area contributed by atoms with Crippen LogP contribution in [0.4, 0.5) is 0 Å². The number of rotatable bonds is 8. The molecule has 3 aliphatic rings. The van der Waals surface area contributed by atoms with Crippen LogP contribution in [0.15, 0.2) is 67.0 Å². The van der Waals surface area contributed by atoms with Crippen molar-refractivity contribution >= 4 is 18.3 Å². The molecule has 2 aromatic carbocycles. The van der Waals surface area contributed by atoms with Crippen molar-refractivity contribution in [3.8, 4) is 11.3 Å². The largest absolute Gasteiger partial charge is 0.385 e. The fourth-order valence-electron chi connectivity index (χ4n) is 6.74. The maximum atomic E-state index is 14.3. The van der Waals surface area contributed by atoms with Crippen LogP contribution in [0.1, 0.15) is 60.6 Å². The second-order valence-corrected chi connectivity index (χ2v) is 11.7. The molecule has 0 spiro atoms. The van der Waals surface area contributed by atoms with E-state index in [1.165, 1.54) is 5.56 Å². The van der Waals surface area contributed by atoms with Gasteiger partial charge in [0.05, 0.1) is 30.8 Å². The minimum Gasteiger partial charge on any atom is -0.385 e. The van der Waals surface area contributed by atoms with Gasteiger partial charge in [0.15, 0.2) is 5.69 Å². The Morgan fingerprint density at radius 3 is 2.55 bits per heavy atom. The monoisotopic (exact) mass is 594 g/mol. The van der Waals surface area contributed by atoms with Crippen LogP contribution in [0.25, 0.3) is 11.3 Å². The molecule has 3 heterocycles. The molecule has 6 rings (SSSR count). The van der Waals surface area contributed by atoms with Crippen molar-refractivity contribution < 1.29 is 19.4 Å². The normalized spacial score (nSPS) is 25.1. The first kappa shape index (κ1) is 30.7. The number of halogens is 1. The molecule has 3 fully saturated rings. The van der Waals surface area contributed by atoms with E-state index in [4.69, 9.17) is 14.5 Å². The van der Waals surface area contributed by atoms with E-state index in [2.05, 4.69) is 22.0 Å². The molecule has 2 saturated heterocycles. The first-order chi connectivity index (χ1) is 20.1. The minimum absolute atomic E-state index is 0. The van der Waals surface area contributed by atoms with Crippen LogP contribution in [0.3, 0.4) is 0 Å². The van der Waals surface area contributed by atoms with Gasteiger partial charge in [0, 0.05) is 44.5 Å². The molecule has 3 aromatic rings. The Kier molecular flexibility index (Phi) is 10.3. The molecule has 0 radical (unpaired) electrons. The molecule has 226 valence electrons. The Morgan fingerprint density at radius 1 is 1.05 bits per heavy atom. The number of carbonyl (C=O) groups is 1. The van der Waals surface area contributed by atoms with Crippen molar-refractivity contribution in [3.05, 3.63) is 78.2 Å². The van der Waals surface area contributed by atoms with Crippen LogP contribution in [-0.2, 0) is 15.9 Å². The highest BCUT2D eigenvalue weighted by atomic mass is 35.5. The maximum Gasteiger partial charge on any atom is 0.275 e. The summed E-state index contributed by atoms with van der Waals surface area (Å²) in [5, 5.41) is 15.6. The lowest BCUT2D eigenvalue weighted by Crippen LogP contribution is -2.54. The zero-order chi connectivity index (χ0) is 28.1. The average molecular weight is 595 g/mol. The number of nitrogens with zero attached hydrogens (tertiary/aromatic N) is 3. The number of aromatic nitrogens is 2. The van der Waals surface area contributed by atoms with Crippen LogP contribution in [0.2, 0.25) is 0 Å². The summed E-state index contributed by atoms with van der Waals surface area (Å²) in [6, 6.07) is 20.2. The second kappa shape index (κ2) is 14.1. The van der Waals surface area contributed by atoms with E-state index in [1.807, 2.05) is 53.4 Å². The van der Waals surface area contributed by atoms with Gasteiger partial charge in [0.2, 0.25) is 0 Å². The summed E-state index contributed by atoms with van der Waals surface area (Å²) in [5.74, 6) is -0.0529. The quantitative estimate of drug-likeness (QED) is 0.394. The average Bonchev–Trinajstić information content (AvgIpc) is 3.46. The van der Waals surface area contributed by atoms with Gasteiger partial charge < -0.3 is 29.4 Å². The van der Waals surface area contributed by atoms with E-state index >= 15 is 0 Å². The molecule has 42 heavy (non-hydrogen) atoms. The molecule has 1 aliphatic carbocycles. The van der Waals surface area contributed by atoms with Crippen LogP contribution >= 0.6 is 12.4 Å². The van der Waals surface area contributed by atoms with Gasteiger partial charge in [-0.05, 0) is 37.7 Å². The van der Waals surface area contributed by atoms with Gasteiger partial charge in [0.25, 0.3) is 5.91 Å². The zero-order valence-electron chi connectivity index (χ0n) is 24.2. The summed E-state index contributed by atoms with van der Waals surface area (Å²) >= 11 is 0. The second-order valence-electron chi connectivity index (χ2n) is 11.7. The Hall–Kier alpha value is -2.75. The highest BCUT2D eigenvalue weighted by Gasteiger charge is 2.43. The molecular weight excluding hydrogens is 552 g/mol. The molecule has 0 bridgehead atoms. The zero-order valence-corrected chi connectivity index (χ0v) is 25.0. The summed E-state index contributed by atoms with van der Waals surface area (Å²) in [7, 11) is 0. The number of piperazine rings is 1. The van der Waals surface area contributed by atoms with Gasteiger partial charge in [0.1, 0.15) is 5.60 Å². The lowest BCUT2D eigenvalue weighted by molar-refractivity contribution is -0.131. The molecule has 2 unspecified atom stereocenters. The van der Waals surface area contributed by atoms with E-state index in [0.29, 0.717) is 31.9 Å². The van der Waals surface area contributed by atoms with E-state index in [9.17, 15) is 9.90 Å². The number of aliphatic hydroxyl groups is 1. The number of nitrogens with one attached hydrogen (secondary N) is 1. The van der Waals surface area contributed by atoms with Gasteiger partial charge in [-0.1, -0.05) is 73.5 Å². The molecule has 2 N–H and O–H groups in total. The lowest BCUT2D eigenvalue weighted by atomic mass is 9.80. The third-order valence-corrected chi connectivity index (χ3v) is 9.00. The topological polar surface area (TPSA) is 88.9 Å². The Morgan fingerprint density at radius 2 is 1.79 bits per heavy atom. The van der Waals surface area contributed by atoms with Crippen LogP contribution in [-0.4, -0.2) is 82.7 Å². The maximum absolute atomic E-state index is 14.3. The molecule has 9 heteroatoms. The van der Waals surface area contributed by atoms with E-state index < -0.39 is 5.60 Å². The summed E-state index contributed by atoms with van der Waals surface area (Å²) in [4.78, 5) is 21.1. The van der Waals surface area contributed by atoms with E-state index in [0.717, 1.165) is 62.9 Å². The molecule has 8 nitrogen and oxygen atoms in total. The predicted molar refractivity (Wildman–Crippen MR) is 165 cm³/mol. The summed E-state index contributed by atoms with van der Waals surface area (Å²) in [6.45, 7) is 3.81. The molecule has 1 aromatic heterocycles. The third kappa shape index (κ3) is 6.74. The summed E-state index contributed by atoms with van der Waals surface area (Å²) in [6.07, 6.45) is 7.81. The van der Waals surface area contributed by atoms with Crippen molar-refractivity contribution in [2.24, 2.45) is 0 Å². The number of hydrogen-bond acceptors (Lipinski definition) is 6. The van der Waals surface area contributed by atoms with Crippen molar-refractivity contribution in [3.63, 3.8) is 0 Å². The Balaban J connectivity index is 0.00000353. The van der Waals surface area contributed by atoms with Crippen LogP contribution in [0.5, 0.6) is 0 Å². The highest BCUT2D eigenvalue weighted by Crippen LogP contribution is 2.41. The van der Waals surface area contributed by atoms with Crippen LogP contribution in [0, 0.1) is 0 Å². The van der Waals surface area contributed by atoms with Crippen molar-refractivity contribution in [2.75, 3.05) is 39.5 Å². The first-order valence-corrected chi connectivity index (χ1v) is 15.2. The fraction of sp³-hybridized carbons (Fsp3) is 0.515. The highest BCUT2D eigenvalue weighted by molar-refractivity contribution is 5.98. The Labute approximate surface area is 254 Å². The third-order valence-electron chi connectivity index (χ3n) is 9.00. The molecule has 1 amide bonds. The summed E-state index contributed by atoms with van der Waals surface area (Å²) in [5.41, 5.74) is 2.34. The number of benzene rings is 2. The number of hydrogen-bond donors (Lipinski definition) is 2. The molecule has 2 aliphatic heterocycles. The van der Waals surface area contributed by atoms with Crippen molar-refractivity contribution in [1.82, 2.24) is 19.8 Å². The fourth-order valence-corrected chi connectivity index (χ4v) is 6.74. The lowest BCUT2D eigenvalue weighted by Gasteiger charge is -2.42. The van der Waals surface area contributed by atoms with E-state index in [-0.39, 0.29) is 43.1 Å². The van der Waals surface area contributed by atoms with Gasteiger partial charge in [-0.25, -0.2) is 4.98 Å². The van der Waals surface area contributed by atoms with Gasteiger partial charge in [-0.15, -0.1) is 12.4 Å². The number of imidazole rings is 1. The SMILES string of the molecule is Cl.O=C(c1ncn(C2CCCCC2(O)COC2CCOCC2)c1-c1ccccc1)N1CCNC[C@H]1Cc1ccccc1. The first-order valence-electron chi connectivity index (χ1n) is 15.2. The van der Waals surface area contributed by atoms with Crippen molar-refractivity contribution in [1.29, 1.82) is 0 Å². The van der Waals surface area contributed by atoms with E-state index in [1.54, 1.807) is 6.33 Å². The number of carbonyl (C=O) groups excluding carboxylic acids is 1. The minimum atomic E-state index is -1.04. The van der Waals surface area contributed by atoms with Gasteiger partial charge in [-0.3, -0.25) is 4.79 Å². The summed E-state index contributed by atoms with van der Waals surface area (Å²) < 4.78 is 13.9. The predicted octanol–water partition coefficient (Wildman–Crippen LogP) is 4.67. The van der Waals surface area contributed by atoms with Gasteiger partial charge >= 0.3 is 0 Å². The Bertz CT molecular complexity index is 1280. The smallest absolute Gasteiger partial charge is 0.275 e. The number of amides is 1. The van der Waals surface area contributed by atoms with Gasteiger partial charge in [-0.2, -0.15) is 0 Å². The standard InChI is InChI=1S/C33H42N4O4.ClH/c38-32(36-18-17-34-22-27(36)21-25-9-3-1-4-10-25)30-31(26-11-5-2-6-12-26)37(24-35-30)29-13-7-8-16-33(29,39)23-41-28-14-19-40-20-15-28;/h1-6,9-12,24,27-29,34,39H,7-8,13-23H2;1H/t27-,29?,33?;/m1./s1. The molecular formula is C33H43ClN4O4. The number of ether oxygens (including phenoxy) is 2. The molecule has 3 atom stereocenters. The molecule has 1 saturated carbocycles. The van der Waals surface area contributed by atoms with Crippen LogP contribution < -0.4 is 5.32 Å². The van der Waals surface area contributed by atoms with Crippen molar-refractivity contribution in [2.45, 2.75) is 68.7 Å².